The Kier molecular flexibility index (Phi) is 3.50. The number of aryl methyl sites for hydroxylation is 2. The first-order chi connectivity index (χ1) is 6.65. The number of nitrogens with one attached hydrogen (secondary N) is 1. The van der Waals surface area contributed by atoms with Crippen molar-refractivity contribution < 1.29 is 4.79 Å². The number of nitrogens with zero attached hydrogens (tertiary/aromatic N) is 2. The first-order valence-corrected chi connectivity index (χ1v) is 4.57. The third kappa shape index (κ3) is 2.48. The van der Waals surface area contributed by atoms with Crippen LogP contribution in [0.1, 0.15) is 12.8 Å². The lowest BCUT2D eigenvalue weighted by molar-refractivity contribution is -0.120. The quantitative estimate of drug-likeness (QED) is 0.721. The molecular formula is C9H15N3O2. The number of hydrogen-bond donors (Lipinski definition) is 1. The number of amides is 1. The van der Waals surface area contributed by atoms with Crippen LogP contribution in [0.15, 0.2) is 17.2 Å². The number of carbonyl (C=O) groups is 1. The van der Waals surface area contributed by atoms with Gasteiger partial charge in [0, 0.05) is 39.5 Å². The third-order valence-electron chi connectivity index (χ3n) is 2.10. The molecule has 5 nitrogen and oxygen atoms in total. The molecule has 0 aliphatic heterocycles. The van der Waals surface area contributed by atoms with Crippen LogP contribution in [0.4, 0.5) is 0 Å². The van der Waals surface area contributed by atoms with E-state index in [9.17, 15) is 9.59 Å². The van der Waals surface area contributed by atoms with Crippen molar-refractivity contribution in [3.8, 4) is 0 Å². The van der Waals surface area contributed by atoms with Crippen molar-refractivity contribution in [2.75, 3.05) is 7.05 Å². The second-order valence-corrected chi connectivity index (χ2v) is 3.16. The fourth-order valence-corrected chi connectivity index (χ4v) is 1.22. The zero-order valence-corrected chi connectivity index (χ0v) is 8.49. The Labute approximate surface area is 82.3 Å². The SMILES string of the molecule is CNC(=O)CCCn1ccn(C)c1=O. The minimum Gasteiger partial charge on any atom is -0.359 e. The van der Waals surface area contributed by atoms with Crippen LogP contribution in [-0.2, 0) is 18.4 Å². The van der Waals surface area contributed by atoms with Crippen LogP contribution >= 0.6 is 0 Å². The van der Waals surface area contributed by atoms with Gasteiger partial charge in [0.25, 0.3) is 0 Å². The summed E-state index contributed by atoms with van der Waals surface area (Å²) in [7, 11) is 3.31. The van der Waals surface area contributed by atoms with E-state index in [1.807, 2.05) is 0 Å². The summed E-state index contributed by atoms with van der Waals surface area (Å²) < 4.78 is 3.11. The summed E-state index contributed by atoms with van der Waals surface area (Å²) >= 11 is 0. The molecule has 0 saturated heterocycles. The minimum atomic E-state index is -0.0399. The van der Waals surface area contributed by atoms with E-state index < -0.39 is 0 Å². The van der Waals surface area contributed by atoms with Gasteiger partial charge < -0.3 is 9.88 Å². The van der Waals surface area contributed by atoms with Crippen molar-refractivity contribution in [2.45, 2.75) is 19.4 Å². The molecule has 5 heteroatoms. The van der Waals surface area contributed by atoms with Crippen LogP contribution < -0.4 is 11.0 Å². The molecule has 0 bridgehead atoms. The molecule has 0 saturated carbocycles. The molecule has 0 atom stereocenters. The molecule has 0 aliphatic rings. The molecule has 0 radical (unpaired) electrons. The van der Waals surface area contributed by atoms with Gasteiger partial charge in [-0.15, -0.1) is 0 Å². The Balaban J connectivity index is 2.43. The zero-order valence-electron chi connectivity index (χ0n) is 8.49. The molecule has 78 valence electrons. The molecule has 1 amide bonds. The molecule has 1 rings (SSSR count). The molecule has 1 aromatic heterocycles. The topological polar surface area (TPSA) is 56.0 Å². The summed E-state index contributed by atoms with van der Waals surface area (Å²) in [5, 5.41) is 2.54. The number of aromatic nitrogens is 2. The summed E-state index contributed by atoms with van der Waals surface area (Å²) in [5.74, 6) is 0.00831. The smallest absolute Gasteiger partial charge is 0.327 e. The summed E-state index contributed by atoms with van der Waals surface area (Å²) in [6.07, 6.45) is 4.58. The number of imidazole rings is 1. The summed E-state index contributed by atoms with van der Waals surface area (Å²) in [5.41, 5.74) is -0.0399. The zero-order chi connectivity index (χ0) is 10.6. The molecule has 1 aromatic rings. The van der Waals surface area contributed by atoms with Crippen molar-refractivity contribution >= 4 is 5.91 Å². The first-order valence-electron chi connectivity index (χ1n) is 4.57. The van der Waals surface area contributed by atoms with Crippen LogP contribution in [0, 0.1) is 0 Å². The van der Waals surface area contributed by atoms with Gasteiger partial charge >= 0.3 is 5.69 Å². The number of hydrogen-bond acceptors (Lipinski definition) is 2. The summed E-state index contributed by atoms with van der Waals surface area (Å²) in [4.78, 5) is 22.2. The first kappa shape index (κ1) is 10.6. The standard InChI is InChI=1S/C9H15N3O2/c1-10-8(13)4-3-5-12-7-6-11(2)9(12)14/h6-7H,3-5H2,1-2H3,(H,10,13). The van der Waals surface area contributed by atoms with Gasteiger partial charge in [0.15, 0.2) is 0 Å². The molecule has 0 aromatic carbocycles. The monoisotopic (exact) mass is 197 g/mol. The highest BCUT2D eigenvalue weighted by molar-refractivity contribution is 5.75. The van der Waals surface area contributed by atoms with Crippen molar-refractivity contribution in [1.82, 2.24) is 14.5 Å². The molecule has 14 heavy (non-hydrogen) atoms. The molecule has 0 unspecified atom stereocenters. The third-order valence-corrected chi connectivity index (χ3v) is 2.10. The lowest BCUT2D eigenvalue weighted by Crippen LogP contribution is -2.23. The minimum absolute atomic E-state index is 0.00831. The van der Waals surface area contributed by atoms with E-state index in [4.69, 9.17) is 0 Å². The predicted molar refractivity (Wildman–Crippen MR) is 53.0 cm³/mol. The summed E-state index contributed by atoms with van der Waals surface area (Å²) in [6.45, 7) is 0.590. The Bertz CT molecular complexity index is 364. The van der Waals surface area contributed by atoms with Gasteiger partial charge in [-0.25, -0.2) is 4.79 Å². The highest BCUT2D eigenvalue weighted by atomic mass is 16.2. The van der Waals surface area contributed by atoms with E-state index in [0.717, 1.165) is 0 Å². The van der Waals surface area contributed by atoms with Gasteiger partial charge in [0.05, 0.1) is 0 Å². The van der Waals surface area contributed by atoms with E-state index >= 15 is 0 Å². The van der Waals surface area contributed by atoms with E-state index in [0.29, 0.717) is 19.4 Å². The van der Waals surface area contributed by atoms with Crippen LogP contribution in [0.25, 0.3) is 0 Å². The average Bonchev–Trinajstić information content (AvgIpc) is 2.49. The molecule has 1 N–H and O–H groups in total. The fraction of sp³-hybridized carbons (Fsp3) is 0.556. The largest absolute Gasteiger partial charge is 0.359 e. The van der Waals surface area contributed by atoms with Gasteiger partial charge in [-0.2, -0.15) is 0 Å². The van der Waals surface area contributed by atoms with Gasteiger partial charge in [-0.3, -0.25) is 9.36 Å². The van der Waals surface area contributed by atoms with E-state index in [1.165, 1.54) is 4.57 Å². The van der Waals surface area contributed by atoms with Crippen molar-refractivity contribution in [3.05, 3.63) is 22.9 Å². The van der Waals surface area contributed by atoms with E-state index in [1.54, 1.807) is 31.1 Å². The van der Waals surface area contributed by atoms with Gasteiger partial charge in [0.2, 0.25) is 5.91 Å². The Morgan fingerprint density at radius 3 is 2.71 bits per heavy atom. The molecule has 0 fully saturated rings. The van der Waals surface area contributed by atoms with Crippen LogP contribution in [-0.4, -0.2) is 22.1 Å². The van der Waals surface area contributed by atoms with Gasteiger partial charge in [0.1, 0.15) is 0 Å². The van der Waals surface area contributed by atoms with Crippen LogP contribution in [0.3, 0.4) is 0 Å². The molecule has 0 spiro atoms. The molecular weight excluding hydrogens is 182 g/mol. The van der Waals surface area contributed by atoms with Crippen LogP contribution in [0.2, 0.25) is 0 Å². The maximum atomic E-state index is 11.3. The molecule has 0 aliphatic carbocycles. The summed E-state index contributed by atoms with van der Waals surface area (Å²) in [6, 6.07) is 0. The second kappa shape index (κ2) is 4.64. The number of carbonyl (C=O) groups excluding carboxylic acids is 1. The van der Waals surface area contributed by atoms with Crippen molar-refractivity contribution in [3.63, 3.8) is 0 Å². The maximum absolute atomic E-state index is 11.3. The lowest BCUT2D eigenvalue weighted by atomic mass is 10.3. The fourth-order valence-electron chi connectivity index (χ4n) is 1.22. The molecule has 1 heterocycles. The highest BCUT2D eigenvalue weighted by Crippen LogP contribution is 1.92. The highest BCUT2D eigenvalue weighted by Gasteiger charge is 2.01. The van der Waals surface area contributed by atoms with Gasteiger partial charge in [-0.1, -0.05) is 0 Å². The van der Waals surface area contributed by atoms with Gasteiger partial charge in [-0.05, 0) is 6.42 Å². The van der Waals surface area contributed by atoms with Crippen molar-refractivity contribution in [2.24, 2.45) is 7.05 Å². The van der Waals surface area contributed by atoms with Crippen LogP contribution in [0.5, 0.6) is 0 Å². The Morgan fingerprint density at radius 1 is 1.50 bits per heavy atom. The number of rotatable bonds is 4. The Morgan fingerprint density at radius 2 is 2.21 bits per heavy atom. The van der Waals surface area contributed by atoms with Crippen molar-refractivity contribution in [1.29, 1.82) is 0 Å². The lowest BCUT2D eigenvalue weighted by Gasteiger charge is -2.00. The Hall–Kier alpha value is -1.52. The predicted octanol–water partition coefficient (Wildman–Crippen LogP) is -0.287. The van der Waals surface area contributed by atoms with E-state index in [2.05, 4.69) is 5.32 Å². The second-order valence-electron chi connectivity index (χ2n) is 3.16. The maximum Gasteiger partial charge on any atom is 0.327 e. The normalized spacial score (nSPS) is 10.1. The van der Waals surface area contributed by atoms with E-state index in [-0.39, 0.29) is 11.6 Å². The average molecular weight is 197 g/mol.